The van der Waals surface area contributed by atoms with E-state index in [0.717, 1.165) is 11.8 Å². The largest absolute Gasteiger partial charge is 0.478 e. The second-order valence-corrected chi connectivity index (χ2v) is 6.52. The van der Waals surface area contributed by atoms with Gasteiger partial charge in [0.25, 0.3) is 11.1 Å². The van der Waals surface area contributed by atoms with E-state index in [2.05, 4.69) is 15.5 Å². The van der Waals surface area contributed by atoms with Crippen LogP contribution in [0.3, 0.4) is 0 Å². The molecule has 1 amide bonds. The zero-order valence-electron chi connectivity index (χ0n) is 14.8. The molecule has 28 heavy (non-hydrogen) atoms. The number of nitriles is 1. The summed E-state index contributed by atoms with van der Waals surface area (Å²) in [6, 6.07) is 14.7. The maximum atomic E-state index is 13.7. The number of nitrogens with one attached hydrogen (secondary N) is 1. The van der Waals surface area contributed by atoms with Crippen LogP contribution >= 0.6 is 11.8 Å². The molecule has 2 aromatic carbocycles. The van der Waals surface area contributed by atoms with Crippen LogP contribution in [0.15, 0.2) is 58.2 Å². The molecule has 142 valence electrons. The molecular formula is C19H15FN4O3S. The highest BCUT2D eigenvalue weighted by Crippen LogP contribution is 2.25. The zero-order valence-corrected chi connectivity index (χ0v) is 15.6. The molecule has 0 radical (unpaired) electrons. The first kappa shape index (κ1) is 19.4. The van der Waals surface area contributed by atoms with Crippen molar-refractivity contribution in [3.05, 3.63) is 65.8 Å². The molecule has 3 rings (SSSR count). The smallest absolute Gasteiger partial charge is 0.277 e. The summed E-state index contributed by atoms with van der Waals surface area (Å²) in [5.74, 6) is -0.538. The molecule has 3 aromatic rings. The van der Waals surface area contributed by atoms with E-state index in [-0.39, 0.29) is 28.5 Å². The standard InChI is InChI=1S/C19H15FN4O3S/c1-12(26-16-9-5-3-7-14(16)20)18-23-24-19(27-18)28-11-17(25)22-15-8-4-2-6-13(15)10-21/h2-9,12H,11H2,1H3,(H,22,25)/t12-/m0/s1. The highest BCUT2D eigenvalue weighted by atomic mass is 32.2. The van der Waals surface area contributed by atoms with Crippen LogP contribution in [-0.2, 0) is 4.79 Å². The number of carbonyl (C=O) groups excluding carboxylic acids is 1. The van der Waals surface area contributed by atoms with E-state index < -0.39 is 11.9 Å². The number of para-hydroxylation sites is 2. The molecule has 0 aliphatic rings. The van der Waals surface area contributed by atoms with Gasteiger partial charge in [-0.15, -0.1) is 10.2 Å². The van der Waals surface area contributed by atoms with Crippen LogP contribution in [0.25, 0.3) is 0 Å². The second-order valence-electron chi connectivity index (χ2n) is 5.59. The molecule has 1 N–H and O–H groups in total. The Morgan fingerprint density at radius 3 is 2.82 bits per heavy atom. The average Bonchev–Trinajstić information content (AvgIpc) is 3.18. The molecule has 0 aliphatic carbocycles. The first-order chi connectivity index (χ1) is 13.6. The van der Waals surface area contributed by atoms with Crippen LogP contribution in [0.5, 0.6) is 5.75 Å². The predicted molar refractivity (Wildman–Crippen MR) is 100 cm³/mol. The number of hydrogen-bond acceptors (Lipinski definition) is 7. The topological polar surface area (TPSA) is 101 Å². The maximum absolute atomic E-state index is 13.7. The number of amides is 1. The van der Waals surface area contributed by atoms with Gasteiger partial charge in [0.05, 0.1) is 17.0 Å². The third-order valence-corrected chi connectivity index (χ3v) is 4.38. The van der Waals surface area contributed by atoms with Crippen molar-refractivity contribution in [2.24, 2.45) is 0 Å². The van der Waals surface area contributed by atoms with Crippen molar-refractivity contribution in [1.82, 2.24) is 10.2 Å². The number of thioether (sulfide) groups is 1. The van der Waals surface area contributed by atoms with Crippen molar-refractivity contribution in [3.63, 3.8) is 0 Å². The molecule has 0 spiro atoms. The van der Waals surface area contributed by atoms with E-state index in [1.807, 2.05) is 6.07 Å². The van der Waals surface area contributed by atoms with Crippen LogP contribution in [0.4, 0.5) is 10.1 Å². The fourth-order valence-corrected chi connectivity index (χ4v) is 2.80. The molecule has 1 atom stereocenters. The van der Waals surface area contributed by atoms with E-state index in [0.29, 0.717) is 11.3 Å². The molecule has 0 aliphatic heterocycles. The molecule has 1 heterocycles. The van der Waals surface area contributed by atoms with Gasteiger partial charge in [-0.2, -0.15) is 5.26 Å². The minimum Gasteiger partial charge on any atom is -0.478 e. The highest BCUT2D eigenvalue weighted by Gasteiger charge is 2.18. The Labute approximate surface area is 164 Å². The SMILES string of the molecule is C[C@H](Oc1ccccc1F)c1nnc(SCC(=O)Nc2ccccc2C#N)o1. The Hall–Kier alpha value is -3.38. The Bertz CT molecular complexity index is 1020. The second kappa shape index (κ2) is 9.01. The summed E-state index contributed by atoms with van der Waals surface area (Å²) < 4.78 is 24.6. The minimum absolute atomic E-state index is 0.0178. The number of halogens is 1. The summed E-state index contributed by atoms with van der Waals surface area (Å²) in [6.07, 6.45) is -0.657. The lowest BCUT2D eigenvalue weighted by atomic mass is 10.2. The number of carbonyl (C=O) groups is 1. The molecule has 0 bridgehead atoms. The van der Waals surface area contributed by atoms with Crippen LogP contribution in [0.1, 0.15) is 24.5 Å². The molecule has 0 unspecified atom stereocenters. The molecular weight excluding hydrogens is 383 g/mol. The summed E-state index contributed by atoms with van der Waals surface area (Å²) in [5.41, 5.74) is 0.814. The van der Waals surface area contributed by atoms with Crippen LogP contribution in [-0.4, -0.2) is 21.9 Å². The van der Waals surface area contributed by atoms with Gasteiger partial charge in [-0.1, -0.05) is 36.0 Å². The van der Waals surface area contributed by atoms with Crippen LogP contribution < -0.4 is 10.1 Å². The van der Waals surface area contributed by atoms with E-state index in [9.17, 15) is 9.18 Å². The molecule has 1 aromatic heterocycles. The van der Waals surface area contributed by atoms with Crippen molar-refractivity contribution in [2.45, 2.75) is 18.3 Å². The Balaban J connectivity index is 1.55. The minimum atomic E-state index is -0.657. The van der Waals surface area contributed by atoms with Crippen molar-refractivity contribution < 1.29 is 18.3 Å². The van der Waals surface area contributed by atoms with E-state index >= 15 is 0 Å². The first-order valence-electron chi connectivity index (χ1n) is 8.23. The number of benzene rings is 2. The lowest BCUT2D eigenvalue weighted by Crippen LogP contribution is -2.14. The van der Waals surface area contributed by atoms with E-state index in [1.165, 1.54) is 12.1 Å². The maximum Gasteiger partial charge on any atom is 0.277 e. The van der Waals surface area contributed by atoms with Crippen molar-refractivity contribution >= 4 is 23.4 Å². The summed E-state index contributed by atoms with van der Waals surface area (Å²) >= 11 is 1.04. The number of hydrogen-bond donors (Lipinski definition) is 1. The van der Waals surface area contributed by atoms with Gasteiger partial charge in [-0.3, -0.25) is 4.79 Å². The van der Waals surface area contributed by atoms with Gasteiger partial charge < -0.3 is 14.5 Å². The van der Waals surface area contributed by atoms with E-state index in [4.69, 9.17) is 14.4 Å². The summed E-state index contributed by atoms with van der Waals surface area (Å²) in [4.78, 5) is 12.1. The molecule has 9 heteroatoms. The summed E-state index contributed by atoms with van der Waals surface area (Å²) in [5, 5.41) is 19.6. The number of rotatable bonds is 7. The van der Waals surface area contributed by atoms with Crippen molar-refractivity contribution in [2.75, 3.05) is 11.1 Å². The van der Waals surface area contributed by atoms with Gasteiger partial charge >= 0.3 is 0 Å². The van der Waals surface area contributed by atoms with Gasteiger partial charge in [-0.25, -0.2) is 4.39 Å². The Kier molecular flexibility index (Phi) is 6.24. The lowest BCUT2D eigenvalue weighted by molar-refractivity contribution is -0.113. The summed E-state index contributed by atoms with van der Waals surface area (Å²) in [7, 11) is 0. The third kappa shape index (κ3) is 4.86. The van der Waals surface area contributed by atoms with Crippen LogP contribution in [0.2, 0.25) is 0 Å². The molecule has 0 saturated heterocycles. The first-order valence-corrected chi connectivity index (χ1v) is 9.21. The predicted octanol–water partition coefficient (Wildman–Crippen LogP) is 3.95. The normalized spacial score (nSPS) is 11.5. The van der Waals surface area contributed by atoms with Crippen molar-refractivity contribution in [3.8, 4) is 11.8 Å². The third-order valence-electron chi connectivity index (χ3n) is 3.56. The monoisotopic (exact) mass is 398 g/mol. The lowest BCUT2D eigenvalue weighted by Gasteiger charge is -2.11. The molecule has 0 saturated carbocycles. The quantitative estimate of drug-likeness (QED) is 0.601. The fraction of sp³-hybridized carbons (Fsp3) is 0.158. The Morgan fingerprint density at radius 2 is 2.04 bits per heavy atom. The van der Waals surface area contributed by atoms with Gasteiger partial charge in [0.1, 0.15) is 6.07 Å². The van der Waals surface area contributed by atoms with E-state index in [1.54, 1.807) is 43.3 Å². The van der Waals surface area contributed by atoms with Gasteiger partial charge in [0.15, 0.2) is 17.7 Å². The molecule has 7 nitrogen and oxygen atoms in total. The zero-order chi connectivity index (χ0) is 19.9. The molecule has 0 fully saturated rings. The Morgan fingerprint density at radius 1 is 1.29 bits per heavy atom. The number of anilines is 1. The summed E-state index contributed by atoms with van der Waals surface area (Å²) in [6.45, 7) is 1.65. The number of aromatic nitrogens is 2. The average molecular weight is 398 g/mol. The number of nitrogens with zero attached hydrogens (tertiary/aromatic N) is 3. The highest BCUT2D eigenvalue weighted by molar-refractivity contribution is 7.99. The van der Waals surface area contributed by atoms with Gasteiger partial charge in [-0.05, 0) is 31.2 Å². The van der Waals surface area contributed by atoms with Crippen molar-refractivity contribution in [1.29, 1.82) is 5.26 Å². The van der Waals surface area contributed by atoms with Crippen LogP contribution in [0, 0.1) is 17.1 Å². The number of ether oxygens (including phenoxy) is 1. The van der Waals surface area contributed by atoms with Gasteiger partial charge in [0, 0.05) is 0 Å². The van der Waals surface area contributed by atoms with Gasteiger partial charge in [0.2, 0.25) is 5.91 Å². The fourth-order valence-electron chi connectivity index (χ4n) is 2.23.